The van der Waals surface area contributed by atoms with Crippen molar-refractivity contribution in [2.24, 2.45) is 0 Å². The number of unbranched alkanes of at least 4 members (excludes halogenated alkanes) is 2. The number of hydrogen-bond donors (Lipinski definition) is 0. The average Bonchev–Trinajstić information content (AvgIpc) is 2.68. The van der Waals surface area contributed by atoms with Crippen LogP contribution in [0.25, 0.3) is 6.08 Å². The summed E-state index contributed by atoms with van der Waals surface area (Å²) in [4.78, 5) is 14.0. The Morgan fingerprint density at radius 3 is 2.26 bits per heavy atom. The van der Waals surface area contributed by atoms with Crippen molar-refractivity contribution in [1.82, 2.24) is 4.90 Å². The summed E-state index contributed by atoms with van der Waals surface area (Å²) in [5.41, 5.74) is 0.927. The Morgan fingerprint density at radius 2 is 1.71 bits per heavy atom. The van der Waals surface area contributed by atoms with Crippen LogP contribution in [-0.2, 0) is 22.9 Å². The lowest BCUT2D eigenvalue weighted by atomic mass is 10.2. The monoisotopic (exact) mass is 449 g/mol. The highest BCUT2D eigenvalue weighted by Crippen LogP contribution is 2.52. The van der Waals surface area contributed by atoms with E-state index in [0.29, 0.717) is 6.42 Å². The van der Waals surface area contributed by atoms with Crippen LogP contribution in [0.3, 0.4) is 0 Å². The zero-order valence-corrected chi connectivity index (χ0v) is 20.4. The summed E-state index contributed by atoms with van der Waals surface area (Å²) in [7, 11) is -2.20. The molecule has 0 saturated heterocycles. The van der Waals surface area contributed by atoms with Gasteiger partial charge < -0.3 is 4.90 Å². The van der Waals surface area contributed by atoms with E-state index in [4.69, 9.17) is 13.6 Å². The van der Waals surface area contributed by atoms with Crippen molar-refractivity contribution < 1.29 is 22.9 Å². The van der Waals surface area contributed by atoms with Crippen molar-refractivity contribution in [2.45, 2.75) is 72.2 Å². The molecule has 0 aliphatic rings. The van der Waals surface area contributed by atoms with Gasteiger partial charge in [-0.2, -0.15) is 0 Å². The number of benzene rings is 1. The number of rotatable bonds is 12. The van der Waals surface area contributed by atoms with Gasteiger partial charge in [0.1, 0.15) is 6.10 Å². The van der Waals surface area contributed by atoms with Crippen LogP contribution < -0.4 is 0 Å². The third-order valence-electron chi connectivity index (χ3n) is 3.89. The molecule has 0 saturated carbocycles. The Hall–Kier alpha value is -1.90. The van der Waals surface area contributed by atoms with Crippen LogP contribution in [0.15, 0.2) is 36.4 Å². The minimum absolute atomic E-state index is 0.129. The smallest absolute Gasteiger partial charge is 0.339 e. The summed E-state index contributed by atoms with van der Waals surface area (Å²) in [6.45, 7) is 9.24. The molecule has 172 valence electrons. The van der Waals surface area contributed by atoms with Crippen LogP contribution >= 0.6 is 7.82 Å². The van der Waals surface area contributed by atoms with Gasteiger partial charge in [0.25, 0.3) is 0 Å². The Labute approximate surface area is 187 Å². The van der Waals surface area contributed by atoms with Crippen molar-refractivity contribution in [2.75, 3.05) is 13.6 Å². The first-order valence-corrected chi connectivity index (χ1v) is 12.2. The lowest BCUT2D eigenvalue weighted by Crippen LogP contribution is -2.34. The van der Waals surface area contributed by atoms with Gasteiger partial charge in [0, 0.05) is 19.5 Å². The highest BCUT2D eigenvalue weighted by atomic mass is 31.2. The zero-order chi connectivity index (χ0) is 23.3. The van der Waals surface area contributed by atoms with E-state index < -0.39 is 13.9 Å². The first-order valence-electron chi connectivity index (χ1n) is 10.8. The number of hydrogen-bond acceptors (Lipinski definition) is 5. The molecular weight excluding hydrogens is 413 g/mol. The number of amides is 1. The molecule has 0 fully saturated rings. The van der Waals surface area contributed by atoms with Gasteiger partial charge in [0.05, 0.1) is 18.8 Å². The molecule has 6 nitrogen and oxygen atoms in total. The maximum Gasteiger partial charge on any atom is 0.476 e. The molecule has 0 bridgehead atoms. The van der Waals surface area contributed by atoms with Crippen LogP contribution in [0.2, 0.25) is 0 Å². The summed E-state index contributed by atoms with van der Waals surface area (Å²) in [6.07, 6.45) is 4.40. The van der Waals surface area contributed by atoms with E-state index in [9.17, 15) is 9.36 Å². The van der Waals surface area contributed by atoms with E-state index in [1.54, 1.807) is 40.8 Å². The van der Waals surface area contributed by atoms with Gasteiger partial charge in [0.2, 0.25) is 5.91 Å². The van der Waals surface area contributed by atoms with Crippen LogP contribution in [0.5, 0.6) is 0 Å². The summed E-state index contributed by atoms with van der Waals surface area (Å²) in [5.74, 6) is 5.84. The van der Waals surface area contributed by atoms with Gasteiger partial charge in [0.15, 0.2) is 0 Å². The molecule has 31 heavy (non-hydrogen) atoms. The Kier molecular flexibility index (Phi) is 12.4. The maximum absolute atomic E-state index is 13.1. The fourth-order valence-electron chi connectivity index (χ4n) is 2.50. The summed E-state index contributed by atoms with van der Waals surface area (Å²) in [6, 6.07) is 9.56. The second kappa shape index (κ2) is 14.2. The fourth-order valence-corrected chi connectivity index (χ4v) is 4.11. The maximum atomic E-state index is 13.1. The summed E-state index contributed by atoms with van der Waals surface area (Å²) < 4.78 is 29.8. The van der Waals surface area contributed by atoms with Gasteiger partial charge in [-0.1, -0.05) is 49.6 Å². The van der Waals surface area contributed by atoms with Crippen LogP contribution in [0.1, 0.15) is 59.4 Å². The molecular formula is C24H36NO5P. The van der Waals surface area contributed by atoms with E-state index in [-0.39, 0.29) is 24.7 Å². The van der Waals surface area contributed by atoms with E-state index in [1.165, 1.54) is 11.0 Å². The lowest BCUT2D eigenvalue weighted by molar-refractivity contribution is -0.125. The fraction of sp³-hybridized carbons (Fsp3) is 0.542. The topological polar surface area (TPSA) is 65.1 Å². The molecule has 0 spiro atoms. The van der Waals surface area contributed by atoms with Gasteiger partial charge >= 0.3 is 7.82 Å². The third kappa shape index (κ3) is 11.9. The second-order valence-corrected chi connectivity index (χ2v) is 9.26. The molecule has 0 aliphatic heterocycles. The average molecular weight is 450 g/mol. The molecule has 1 unspecified atom stereocenters. The molecule has 0 N–H and O–H groups in total. The van der Waals surface area contributed by atoms with Crippen LogP contribution in [0.4, 0.5) is 0 Å². The van der Waals surface area contributed by atoms with Crippen molar-refractivity contribution in [3.8, 4) is 11.8 Å². The Bertz CT molecular complexity index is 781. The molecule has 0 heterocycles. The highest BCUT2D eigenvalue weighted by molar-refractivity contribution is 7.48. The molecule has 0 aromatic heterocycles. The SMILES string of the molecule is CCCCC#CC(CN(C)C(=O)/C=C/c1ccccc1)OP(=O)(OC(C)C)OC(C)C. The van der Waals surface area contributed by atoms with Crippen molar-refractivity contribution in [3.05, 3.63) is 42.0 Å². The van der Waals surface area contributed by atoms with Crippen molar-refractivity contribution in [1.29, 1.82) is 0 Å². The lowest BCUT2D eigenvalue weighted by Gasteiger charge is -2.26. The standard InChI is InChI=1S/C24H36NO5P/c1-7-8-9-13-16-23(30-31(27,28-20(2)3)29-21(4)5)19-25(6)24(26)18-17-22-14-11-10-12-15-22/h10-12,14-15,17-18,20-21,23H,7-9,19H2,1-6H3/b18-17+. The van der Waals surface area contributed by atoms with Gasteiger partial charge in [-0.15, -0.1) is 5.92 Å². The zero-order valence-electron chi connectivity index (χ0n) is 19.5. The first kappa shape index (κ1) is 27.1. The molecule has 0 radical (unpaired) electrons. The van der Waals surface area contributed by atoms with Gasteiger partial charge in [-0.25, -0.2) is 4.57 Å². The van der Waals surface area contributed by atoms with E-state index in [1.807, 2.05) is 30.3 Å². The van der Waals surface area contributed by atoms with E-state index >= 15 is 0 Å². The predicted molar refractivity (Wildman–Crippen MR) is 125 cm³/mol. The minimum atomic E-state index is -3.85. The quantitative estimate of drug-likeness (QED) is 0.177. The number of carbonyl (C=O) groups is 1. The van der Waals surface area contributed by atoms with Gasteiger partial charge in [-0.05, 0) is 45.8 Å². The predicted octanol–water partition coefficient (Wildman–Crippen LogP) is 5.70. The summed E-state index contributed by atoms with van der Waals surface area (Å²) in [5, 5.41) is 0. The number of phosphoric acid groups is 1. The molecule has 0 aliphatic carbocycles. The number of carbonyl (C=O) groups excluding carboxylic acids is 1. The minimum Gasteiger partial charge on any atom is -0.339 e. The van der Waals surface area contributed by atoms with E-state index in [0.717, 1.165) is 18.4 Å². The second-order valence-electron chi connectivity index (χ2n) is 7.74. The molecule has 1 aromatic carbocycles. The molecule has 1 amide bonds. The Morgan fingerprint density at radius 1 is 1.10 bits per heavy atom. The largest absolute Gasteiger partial charge is 0.476 e. The third-order valence-corrected chi connectivity index (χ3v) is 5.76. The van der Waals surface area contributed by atoms with Gasteiger partial charge in [-0.3, -0.25) is 18.4 Å². The van der Waals surface area contributed by atoms with Crippen molar-refractivity contribution in [3.63, 3.8) is 0 Å². The van der Waals surface area contributed by atoms with Crippen LogP contribution in [-0.4, -0.2) is 42.7 Å². The normalized spacial score (nSPS) is 12.8. The molecule has 7 heteroatoms. The summed E-state index contributed by atoms with van der Waals surface area (Å²) >= 11 is 0. The molecule has 1 aromatic rings. The number of nitrogens with zero attached hydrogens (tertiary/aromatic N) is 1. The number of phosphoric ester groups is 1. The van der Waals surface area contributed by atoms with E-state index in [2.05, 4.69) is 18.8 Å². The van der Waals surface area contributed by atoms with Crippen LogP contribution in [0, 0.1) is 11.8 Å². The molecule has 1 rings (SSSR count). The number of likely N-dealkylation sites (N-methyl/N-ethyl adjacent to an activating group) is 1. The molecule has 1 atom stereocenters. The Balaban J connectivity index is 2.94. The van der Waals surface area contributed by atoms with Crippen molar-refractivity contribution >= 4 is 19.8 Å². The highest BCUT2D eigenvalue weighted by Gasteiger charge is 2.33. The first-order chi connectivity index (χ1) is 14.6.